The van der Waals surface area contributed by atoms with E-state index in [1.54, 1.807) is 0 Å². The third-order valence-electron chi connectivity index (χ3n) is 20.6. The lowest BCUT2D eigenvalue weighted by molar-refractivity contribution is -0.870. The van der Waals surface area contributed by atoms with Gasteiger partial charge in [-0.3, -0.25) is 9.59 Å². The minimum atomic E-state index is -1.51. The van der Waals surface area contributed by atoms with Crippen LogP contribution < -0.4 is 0 Å². The number of aliphatic carboxylic acids is 1. The minimum Gasteiger partial charge on any atom is -0.477 e. The van der Waals surface area contributed by atoms with Gasteiger partial charge < -0.3 is 28.5 Å². The van der Waals surface area contributed by atoms with E-state index in [0.717, 1.165) is 77.0 Å². The minimum absolute atomic E-state index is 0.177. The number of carbonyl (C=O) groups excluding carboxylic acids is 2. The fourth-order valence-electron chi connectivity index (χ4n) is 13.7. The summed E-state index contributed by atoms with van der Waals surface area (Å²) in [6.45, 7) is 4.83. The molecule has 2 unspecified atom stereocenters. The van der Waals surface area contributed by atoms with Crippen molar-refractivity contribution < 1.29 is 42.9 Å². The Balaban J connectivity index is 3.90. The number of carboxylic acids is 1. The summed E-state index contributed by atoms with van der Waals surface area (Å²) < 4.78 is 23.1. The lowest BCUT2D eigenvalue weighted by atomic mass is 10.0. The molecule has 105 heavy (non-hydrogen) atoms. The van der Waals surface area contributed by atoms with Gasteiger partial charge in [0.25, 0.3) is 6.29 Å². The standard InChI is InChI=1S/C96H175NO8/c1-6-8-10-12-14-16-18-20-22-24-26-28-30-32-34-36-38-40-42-44-46-47-49-50-52-54-56-58-60-62-64-66-68-70-72-74-76-78-80-82-84-86-93(98)103-90-92(91-104-96(95(100)101)102-89-88-97(3,4)5)105-94(99)87-85-83-81-79-77-75-73-71-69-67-65-63-61-59-57-55-53-51-48-45-43-41-39-37-35-33-31-29-27-25-23-21-19-17-15-13-11-9-7-2/h9,11,15,17,21,23-24,26-27,29,33,35,39,41,92,96H,6-8,10,12-14,16,18-20,22,25,28,30-32,34,36-38,40,42-91H2,1-5H3/p+1/b11-9-,17-15-,23-21-,26-24-,29-27-,35-33-,41-39-. The molecule has 0 rings (SSSR count). The molecule has 0 bridgehead atoms. The predicted molar refractivity (Wildman–Crippen MR) is 456 cm³/mol. The van der Waals surface area contributed by atoms with Crippen molar-refractivity contribution in [1.29, 1.82) is 0 Å². The molecule has 0 aromatic carbocycles. The van der Waals surface area contributed by atoms with Crippen LogP contribution >= 0.6 is 0 Å². The molecule has 0 aromatic heterocycles. The number of ether oxygens (including phenoxy) is 4. The summed E-state index contributed by atoms with van der Waals surface area (Å²) in [5, 5.41) is 9.80. The number of quaternary nitrogens is 1. The van der Waals surface area contributed by atoms with Gasteiger partial charge in [0.15, 0.2) is 6.10 Å². The van der Waals surface area contributed by atoms with E-state index in [4.69, 9.17) is 18.9 Å². The smallest absolute Gasteiger partial charge is 0.361 e. The number of likely N-dealkylation sites (N-methyl/N-ethyl adjacent to an activating group) is 1. The number of hydrogen-bond acceptors (Lipinski definition) is 7. The van der Waals surface area contributed by atoms with Gasteiger partial charge in [-0.05, 0) is 89.9 Å². The zero-order valence-corrected chi connectivity index (χ0v) is 70.4. The average Bonchev–Trinajstić information content (AvgIpc) is 1.97. The summed E-state index contributed by atoms with van der Waals surface area (Å²) in [5.41, 5.74) is 0. The Hall–Kier alpha value is -3.53. The van der Waals surface area contributed by atoms with Crippen LogP contribution in [0.5, 0.6) is 0 Å². The van der Waals surface area contributed by atoms with Gasteiger partial charge in [-0.2, -0.15) is 0 Å². The molecule has 0 aromatic rings. The Labute approximate surface area is 652 Å². The van der Waals surface area contributed by atoms with Crippen molar-refractivity contribution in [3.63, 3.8) is 0 Å². The highest BCUT2D eigenvalue weighted by atomic mass is 16.7. The largest absolute Gasteiger partial charge is 0.477 e. The molecule has 612 valence electrons. The van der Waals surface area contributed by atoms with Crippen molar-refractivity contribution in [2.24, 2.45) is 0 Å². The number of unbranched alkanes of at least 4 members (excludes halogenated alkanes) is 57. The molecule has 0 saturated heterocycles. The summed E-state index contributed by atoms with van der Waals surface area (Å²) in [6, 6.07) is 0. The maximum atomic E-state index is 13.0. The van der Waals surface area contributed by atoms with Crippen molar-refractivity contribution in [1.82, 2.24) is 0 Å². The Morgan fingerprint density at radius 3 is 0.819 bits per heavy atom. The van der Waals surface area contributed by atoms with E-state index in [1.165, 1.54) is 347 Å². The third kappa shape index (κ3) is 87.6. The number of carboxylic acid groups (broad SMARTS) is 1. The van der Waals surface area contributed by atoms with Crippen LogP contribution in [0.4, 0.5) is 0 Å². The quantitative estimate of drug-likeness (QED) is 0.0211. The molecule has 2 atom stereocenters. The summed E-state index contributed by atoms with van der Waals surface area (Å²) in [7, 11) is 6.00. The molecule has 9 heteroatoms. The van der Waals surface area contributed by atoms with E-state index >= 15 is 0 Å². The Morgan fingerprint density at radius 1 is 0.295 bits per heavy atom. The van der Waals surface area contributed by atoms with Gasteiger partial charge in [0.05, 0.1) is 34.4 Å². The number of rotatable bonds is 86. The fourth-order valence-corrected chi connectivity index (χ4v) is 13.7. The number of carbonyl (C=O) groups is 3. The molecule has 1 N–H and O–H groups in total. The van der Waals surface area contributed by atoms with E-state index in [-0.39, 0.29) is 38.2 Å². The van der Waals surface area contributed by atoms with E-state index in [2.05, 4.69) is 98.9 Å². The molecule has 0 spiro atoms. The molecule has 0 fully saturated rings. The zero-order valence-electron chi connectivity index (χ0n) is 70.4. The molecule has 0 amide bonds. The zero-order chi connectivity index (χ0) is 76.0. The van der Waals surface area contributed by atoms with Crippen LogP contribution in [0.3, 0.4) is 0 Å². The number of hydrogen-bond donors (Lipinski definition) is 1. The van der Waals surface area contributed by atoms with E-state index in [9.17, 15) is 19.5 Å². The van der Waals surface area contributed by atoms with Crippen LogP contribution in [0.2, 0.25) is 0 Å². The number of esters is 2. The lowest BCUT2D eigenvalue weighted by Gasteiger charge is -2.25. The van der Waals surface area contributed by atoms with Crippen molar-refractivity contribution in [3.05, 3.63) is 85.1 Å². The summed E-state index contributed by atoms with van der Waals surface area (Å²) in [4.78, 5) is 37.8. The average molecular weight is 1470 g/mol. The van der Waals surface area contributed by atoms with Crippen LogP contribution in [0.25, 0.3) is 0 Å². The SMILES string of the molecule is CC/C=C\C/C=C\C/C=C\C/C=C\C/C=C\C/C=C\CCCCCCCCCCCCCCCCCCCCCCC(=O)OC(COC(=O)CCCCCCCCCCCCCCCCCCCCCCCCCCCCCCC/C=C\CCCCCCCCCC)COC(OCC[N+](C)(C)C)C(=O)O. The van der Waals surface area contributed by atoms with Gasteiger partial charge in [0, 0.05) is 12.8 Å². The number of nitrogens with zero attached hydrogens (tertiary/aromatic N) is 1. The Bertz CT molecular complexity index is 2010. The Kier molecular flexibility index (Phi) is 83.2. The van der Waals surface area contributed by atoms with Gasteiger partial charge >= 0.3 is 17.9 Å². The van der Waals surface area contributed by atoms with Crippen molar-refractivity contribution in [3.8, 4) is 0 Å². The molecule has 0 aliphatic heterocycles. The van der Waals surface area contributed by atoms with Crippen LogP contribution in [0.15, 0.2) is 85.1 Å². The summed E-state index contributed by atoms with van der Waals surface area (Å²) >= 11 is 0. The van der Waals surface area contributed by atoms with Crippen LogP contribution in [-0.4, -0.2) is 87.4 Å². The van der Waals surface area contributed by atoms with Gasteiger partial charge in [-0.25, -0.2) is 4.79 Å². The third-order valence-corrected chi connectivity index (χ3v) is 20.6. The maximum Gasteiger partial charge on any atom is 0.361 e. The van der Waals surface area contributed by atoms with Crippen LogP contribution in [-0.2, 0) is 33.3 Å². The first-order valence-corrected chi connectivity index (χ1v) is 45.8. The fraction of sp³-hybridized carbons (Fsp3) is 0.823. The van der Waals surface area contributed by atoms with Crippen molar-refractivity contribution >= 4 is 17.9 Å². The molecule has 0 heterocycles. The molecule has 0 radical (unpaired) electrons. The molecule has 0 saturated carbocycles. The monoisotopic (exact) mass is 1470 g/mol. The second kappa shape index (κ2) is 86.1. The lowest BCUT2D eigenvalue weighted by Crippen LogP contribution is -2.40. The highest BCUT2D eigenvalue weighted by Gasteiger charge is 2.25. The van der Waals surface area contributed by atoms with Gasteiger partial charge in [0.1, 0.15) is 13.2 Å². The molecular formula is C96H176NO8+. The first kappa shape index (κ1) is 101. The first-order chi connectivity index (χ1) is 51.6. The second-order valence-electron chi connectivity index (χ2n) is 32.2. The van der Waals surface area contributed by atoms with E-state index in [0.29, 0.717) is 17.4 Å². The molecular weight excluding hydrogens is 1300 g/mol. The predicted octanol–water partition coefficient (Wildman–Crippen LogP) is 30.1. The summed E-state index contributed by atoms with van der Waals surface area (Å²) in [5.74, 6) is -1.97. The second-order valence-corrected chi connectivity index (χ2v) is 32.2. The van der Waals surface area contributed by atoms with E-state index in [1.807, 2.05) is 21.1 Å². The van der Waals surface area contributed by atoms with Crippen molar-refractivity contribution in [2.45, 2.75) is 463 Å². The summed E-state index contributed by atoms with van der Waals surface area (Å²) in [6.07, 6.45) is 117. The highest BCUT2D eigenvalue weighted by molar-refractivity contribution is 5.71. The molecule has 0 aliphatic rings. The molecule has 9 nitrogen and oxygen atoms in total. The first-order valence-electron chi connectivity index (χ1n) is 45.8. The normalized spacial score (nSPS) is 13.0. The van der Waals surface area contributed by atoms with Gasteiger partial charge in [-0.15, -0.1) is 0 Å². The maximum absolute atomic E-state index is 13.0. The van der Waals surface area contributed by atoms with Crippen LogP contribution in [0, 0.1) is 0 Å². The number of allylic oxidation sites excluding steroid dienone is 14. The Morgan fingerprint density at radius 2 is 0.543 bits per heavy atom. The highest BCUT2D eigenvalue weighted by Crippen LogP contribution is 2.21. The van der Waals surface area contributed by atoms with Crippen molar-refractivity contribution in [2.75, 3.05) is 47.5 Å². The van der Waals surface area contributed by atoms with Gasteiger partial charge in [-0.1, -0.05) is 433 Å². The van der Waals surface area contributed by atoms with Gasteiger partial charge in [0.2, 0.25) is 0 Å². The topological polar surface area (TPSA) is 108 Å². The molecule has 0 aliphatic carbocycles. The van der Waals surface area contributed by atoms with E-state index < -0.39 is 18.4 Å². The van der Waals surface area contributed by atoms with Crippen LogP contribution in [0.1, 0.15) is 450 Å².